The second-order valence-corrected chi connectivity index (χ2v) is 7.66. The number of aryl methyl sites for hydroxylation is 1. The lowest BCUT2D eigenvalue weighted by Gasteiger charge is -2.11. The van der Waals surface area contributed by atoms with Gasteiger partial charge < -0.3 is 10.1 Å². The Balaban J connectivity index is 1.25. The van der Waals surface area contributed by atoms with Crippen LogP contribution in [0.5, 0.6) is 5.75 Å². The van der Waals surface area contributed by atoms with Crippen molar-refractivity contribution in [3.63, 3.8) is 0 Å². The zero-order valence-electron chi connectivity index (χ0n) is 14.9. The Kier molecular flexibility index (Phi) is 5.44. The molecule has 2 aromatic heterocycles. The minimum atomic E-state index is -0.0106. The van der Waals surface area contributed by atoms with Crippen LogP contribution in [0.3, 0.4) is 0 Å². The molecule has 4 rings (SSSR count). The Bertz CT molecular complexity index is 897. The van der Waals surface area contributed by atoms with Gasteiger partial charge >= 0.3 is 0 Å². The summed E-state index contributed by atoms with van der Waals surface area (Å²) in [4.78, 5) is 21.5. The van der Waals surface area contributed by atoms with Crippen molar-refractivity contribution >= 4 is 17.2 Å². The third kappa shape index (κ3) is 4.52. The van der Waals surface area contributed by atoms with E-state index in [1.807, 2.05) is 18.2 Å². The number of carbonyl (C=O) groups is 1. The van der Waals surface area contributed by atoms with Crippen LogP contribution in [0.15, 0.2) is 54.4 Å². The highest BCUT2D eigenvalue weighted by atomic mass is 32.1. The second kappa shape index (κ2) is 8.31. The third-order valence-electron chi connectivity index (χ3n) is 4.63. The van der Waals surface area contributed by atoms with E-state index in [4.69, 9.17) is 4.74 Å². The maximum atomic E-state index is 12.1. The van der Waals surface area contributed by atoms with Gasteiger partial charge in [-0.3, -0.25) is 4.79 Å². The van der Waals surface area contributed by atoms with Crippen LogP contribution in [-0.4, -0.2) is 28.5 Å². The van der Waals surface area contributed by atoms with E-state index in [9.17, 15) is 4.79 Å². The molecule has 0 radical (unpaired) electrons. The number of amides is 1. The molecule has 0 bridgehead atoms. The number of fused-ring (bicyclic) bond motifs is 1. The minimum absolute atomic E-state index is 0.0106. The number of thiophene rings is 1. The van der Waals surface area contributed by atoms with Crippen molar-refractivity contribution in [2.24, 2.45) is 0 Å². The van der Waals surface area contributed by atoms with Gasteiger partial charge in [0.25, 0.3) is 0 Å². The number of benzene rings is 1. The van der Waals surface area contributed by atoms with Gasteiger partial charge in [0.1, 0.15) is 18.2 Å². The van der Waals surface area contributed by atoms with E-state index in [-0.39, 0.29) is 12.0 Å². The average molecular weight is 379 g/mol. The first-order valence-corrected chi connectivity index (χ1v) is 10.00. The van der Waals surface area contributed by atoms with Gasteiger partial charge in [0.15, 0.2) is 0 Å². The molecule has 3 heterocycles. The van der Waals surface area contributed by atoms with Crippen molar-refractivity contribution in [3.8, 4) is 16.9 Å². The normalized spacial score (nSPS) is 15.2. The van der Waals surface area contributed by atoms with Crippen molar-refractivity contribution in [1.82, 2.24) is 15.3 Å². The molecule has 138 valence electrons. The summed E-state index contributed by atoms with van der Waals surface area (Å²) in [6.45, 7) is 0.538. The Labute approximate surface area is 162 Å². The van der Waals surface area contributed by atoms with Crippen molar-refractivity contribution in [2.75, 3.05) is 6.54 Å². The van der Waals surface area contributed by atoms with Crippen molar-refractivity contribution in [2.45, 2.75) is 31.8 Å². The fraction of sp³-hybridized carbons (Fsp3) is 0.286. The topological polar surface area (TPSA) is 64.1 Å². The average Bonchev–Trinajstić information content (AvgIpc) is 3.36. The largest absolute Gasteiger partial charge is 0.488 e. The van der Waals surface area contributed by atoms with Gasteiger partial charge in [0.2, 0.25) is 5.91 Å². The molecule has 1 unspecified atom stereocenters. The smallest absolute Gasteiger partial charge is 0.220 e. The van der Waals surface area contributed by atoms with Crippen LogP contribution in [0.1, 0.15) is 23.3 Å². The molecule has 6 heteroatoms. The van der Waals surface area contributed by atoms with Crippen LogP contribution >= 0.6 is 11.3 Å². The predicted molar refractivity (Wildman–Crippen MR) is 106 cm³/mol. The first-order chi connectivity index (χ1) is 13.3. The fourth-order valence-electron chi connectivity index (χ4n) is 3.26. The summed E-state index contributed by atoms with van der Waals surface area (Å²) in [5.74, 6) is 0.987. The second-order valence-electron chi connectivity index (χ2n) is 6.63. The molecule has 0 saturated carbocycles. The quantitative estimate of drug-likeness (QED) is 0.681. The number of rotatable bonds is 7. The number of nitrogens with one attached hydrogen (secondary N) is 1. The van der Waals surface area contributed by atoms with Gasteiger partial charge in [-0.1, -0.05) is 12.1 Å². The van der Waals surface area contributed by atoms with Gasteiger partial charge in [0.05, 0.1) is 6.54 Å². The number of ether oxygens (including phenoxy) is 1. The van der Waals surface area contributed by atoms with E-state index >= 15 is 0 Å². The lowest BCUT2D eigenvalue weighted by atomic mass is 10.0. The number of carbonyl (C=O) groups excluding carboxylic acids is 1. The Morgan fingerprint density at radius 3 is 2.93 bits per heavy atom. The lowest BCUT2D eigenvalue weighted by Crippen LogP contribution is -2.34. The summed E-state index contributed by atoms with van der Waals surface area (Å²) in [6.07, 6.45) is 8.31. The van der Waals surface area contributed by atoms with Gasteiger partial charge in [-0.15, -0.1) is 11.3 Å². The standard InChI is InChI=1S/C21H21N3O2S/c25-21(5-1-3-19-4-2-8-27-19)24-13-18-10-16-9-15(6-7-20(16)26-18)17-11-22-14-23-12-17/h2,4,6-9,11-12,14,18H,1,3,5,10,13H2,(H,24,25). The van der Waals surface area contributed by atoms with Gasteiger partial charge in [-0.2, -0.15) is 0 Å². The monoisotopic (exact) mass is 379 g/mol. The molecule has 1 amide bonds. The number of nitrogens with zero attached hydrogens (tertiary/aromatic N) is 2. The SMILES string of the molecule is O=C(CCCc1cccs1)NCC1Cc2cc(-c3cncnc3)ccc2O1. The Morgan fingerprint density at radius 2 is 2.11 bits per heavy atom. The molecule has 5 nitrogen and oxygen atoms in total. The molecule has 3 aromatic rings. The molecule has 27 heavy (non-hydrogen) atoms. The molecule has 1 aliphatic rings. The van der Waals surface area contributed by atoms with E-state index in [1.54, 1.807) is 23.7 Å². The summed E-state index contributed by atoms with van der Waals surface area (Å²) in [5, 5.41) is 5.08. The molecule has 1 aliphatic heterocycles. The molecule has 1 aromatic carbocycles. The van der Waals surface area contributed by atoms with Gasteiger partial charge in [0, 0.05) is 35.7 Å². The van der Waals surface area contributed by atoms with Crippen molar-refractivity contribution in [1.29, 1.82) is 0 Å². The molecule has 0 fully saturated rings. The Hall–Kier alpha value is -2.73. The number of aromatic nitrogens is 2. The molecular weight excluding hydrogens is 358 g/mol. The molecule has 0 saturated heterocycles. The summed E-state index contributed by atoms with van der Waals surface area (Å²) >= 11 is 1.74. The summed E-state index contributed by atoms with van der Waals surface area (Å²) in [5.41, 5.74) is 3.23. The zero-order chi connectivity index (χ0) is 18.5. The first kappa shape index (κ1) is 17.7. The molecular formula is C21H21N3O2S. The van der Waals surface area contributed by atoms with E-state index in [2.05, 4.69) is 32.8 Å². The number of hydrogen-bond acceptors (Lipinski definition) is 5. The molecule has 0 aliphatic carbocycles. The summed E-state index contributed by atoms with van der Waals surface area (Å²) < 4.78 is 5.97. The maximum absolute atomic E-state index is 12.1. The fourth-order valence-corrected chi connectivity index (χ4v) is 4.01. The van der Waals surface area contributed by atoms with Gasteiger partial charge in [-0.25, -0.2) is 9.97 Å². The summed E-state index contributed by atoms with van der Waals surface area (Å²) in [6, 6.07) is 10.3. The molecule has 0 spiro atoms. The van der Waals surface area contributed by atoms with E-state index < -0.39 is 0 Å². The van der Waals surface area contributed by atoms with Crippen LogP contribution in [-0.2, 0) is 17.6 Å². The third-order valence-corrected chi connectivity index (χ3v) is 5.57. The van der Waals surface area contributed by atoms with Crippen LogP contribution in [0.2, 0.25) is 0 Å². The van der Waals surface area contributed by atoms with E-state index in [0.717, 1.165) is 41.7 Å². The van der Waals surface area contributed by atoms with Crippen LogP contribution in [0, 0.1) is 0 Å². The zero-order valence-corrected chi connectivity index (χ0v) is 15.7. The van der Waals surface area contributed by atoms with E-state index in [1.165, 1.54) is 11.2 Å². The molecule has 1 atom stereocenters. The van der Waals surface area contributed by atoms with Crippen LogP contribution < -0.4 is 10.1 Å². The van der Waals surface area contributed by atoms with Crippen LogP contribution in [0.25, 0.3) is 11.1 Å². The lowest BCUT2D eigenvalue weighted by molar-refractivity contribution is -0.121. The highest BCUT2D eigenvalue weighted by Gasteiger charge is 2.23. The van der Waals surface area contributed by atoms with Crippen molar-refractivity contribution < 1.29 is 9.53 Å². The molecule has 1 N–H and O–H groups in total. The Morgan fingerprint density at radius 1 is 1.22 bits per heavy atom. The van der Waals surface area contributed by atoms with Crippen molar-refractivity contribution in [3.05, 3.63) is 64.9 Å². The first-order valence-electron chi connectivity index (χ1n) is 9.12. The highest BCUT2D eigenvalue weighted by Crippen LogP contribution is 2.32. The minimum Gasteiger partial charge on any atom is -0.488 e. The van der Waals surface area contributed by atoms with Crippen LogP contribution in [0.4, 0.5) is 0 Å². The van der Waals surface area contributed by atoms with Gasteiger partial charge in [-0.05, 0) is 47.5 Å². The maximum Gasteiger partial charge on any atom is 0.220 e. The predicted octanol–water partition coefficient (Wildman–Crippen LogP) is 3.65. The number of hydrogen-bond donors (Lipinski definition) is 1. The van der Waals surface area contributed by atoms with E-state index in [0.29, 0.717) is 13.0 Å². The highest BCUT2D eigenvalue weighted by molar-refractivity contribution is 7.09. The summed E-state index contributed by atoms with van der Waals surface area (Å²) in [7, 11) is 0.